The minimum absolute atomic E-state index is 0.248. The summed E-state index contributed by atoms with van der Waals surface area (Å²) in [6.45, 7) is 2.10. The monoisotopic (exact) mass is 372 g/mol. The summed E-state index contributed by atoms with van der Waals surface area (Å²) in [5.74, 6) is 1.35. The molecule has 7 heteroatoms. The molecule has 0 atom stereocenters. The number of benzene rings is 1. The molecule has 3 rings (SSSR count). The van der Waals surface area contributed by atoms with Crippen LogP contribution in [-0.4, -0.2) is 25.1 Å². The van der Waals surface area contributed by atoms with Crippen LogP contribution in [0.5, 0.6) is 11.5 Å². The second-order valence-electron chi connectivity index (χ2n) is 5.54. The van der Waals surface area contributed by atoms with Gasteiger partial charge in [0.25, 0.3) is 5.91 Å². The third-order valence-corrected chi connectivity index (χ3v) is 4.83. The average molecular weight is 372 g/mol. The van der Waals surface area contributed by atoms with Crippen LogP contribution in [0, 0.1) is 0 Å². The van der Waals surface area contributed by atoms with E-state index in [2.05, 4.69) is 17.2 Å². The van der Waals surface area contributed by atoms with Gasteiger partial charge >= 0.3 is 0 Å². The van der Waals surface area contributed by atoms with Crippen LogP contribution in [0.3, 0.4) is 0 Å². The van der Waals surface area contributed by atoms with E-state index in [0.717, 1.165) is 34.7 Å². The minimum atomic E-state index is -0.323. The summed E-state index contributed by atoms with van der Waals surface area (Å²) < 4.78 is 16.0. The zero-order valence-electron chi connectivity index (χ0n) is 14.9. The smallest absolute Gasteiger partial charge is 0.293 e. The normalized spacial score (nSPS) is 10.6. The molecule has 0 saturated heterocycles. The van der Waals surface area contributed by atoms with Crippen LogP contribution in [0.4, 0.5) is 5.13 Å². The summed E-state index contributed by atoms with van der Waals surface area (Å²) in [7, 11) is 3.24. The summed E-state index contributed by atoms with van der Waals surface area (Å²) >= 11 is 1.46. The molecule has 26 heavy (non-hydrogen) atoms. The number of anilines is 1. The number of nitrogens with one attached hydrogen (secondary N) is 1. The SMILES string of the molecule is CCCc1sc(NC(=O)c2ccco2)nc1-c1cc(OC)ccc1OC. The highest BCUT2D eigenvalue weighted by Gasteiger charge is 2.19. The quantitative estimate of drug-likeness (QED) is 0.655. The molecular formula is C19H20N2O4S. The van der Waals surface area contributed by atoms with E-state index in [1.807, 2.05) is 18.2 Å². The van der Waals surface area contributed by atoms with Gasteiger partial charge in [0.05, 0.1) is 26.2 Å². The van der Waals surface area contributed by atoms with Crippen LogP contribution in [0.15, 0.2) is 41.0 Å². The molecule has 2 aromatic heterocycles. The predicted octanol–water partition coefficient (Wildman–Crippen LogP) is 4.63. The van der Waals surface area contributed by atoms with Gasteiger partial charge in [0.2, 0.25) is 0 Å². The number of carbonyl (C=O) groups excluding carboxylic acids is 1. The first-order valence-corrected chi connectivity index (χ1v) is 9.04. The van der Waals surface area contributed by atoms with Crippen molar-refractivity contribution in [2.24, 2.45) is 0 Å². The lowest BCUT2D eigenvalue weighted by atomic mass is 10.1. The first-order valence-electron chi connectivity index (χ1n) is 8.23. The van der Waals surface area contributed by atoms with Gasteiger partial charge < -0.3 is 13.9 Å². The molecule has 1 amide bonds. The second-order valence-corrected chi connectivity index (χ2v) is 6.62. The molecular weight excluding hydrogens is 352 g/mol. The number of thiazole rings is 1. The van der Waals surface area contributed by atoms with E-state index in [9.17, 15) is 4.79 Å². The molecule has 0 bridgehead atoms. The Morgan fingerprint density at radius 3 is 2.77 bits per heavy atom. The number of methoxy groups -OCH3 is 2. The summed E-state index contributed by atoms with van der Waals surface area (Å²) in [4.78, 5) is 18.0. The Balaban J connectivity index is 1.99. The molecule has 1 N–H and O–H groups in total. The molecule has 0 fully saturated rings. The van der Waals surface area contributed by atoms with Crippen molar-refractivity contribution in [3.63, 3.8) is 0 Å². The summed E-state index contributed by atoms with van der Waals surface area (Å²) in [6.07, 6.45) is 3.28. The number of ether oxygens (including phenoxy) is 2. The number of hydrogen-bond donors (Lipinski definition) is 1. The summed E-state index contributed by atoms with van der Waals surface area (Å²) in [6, 6.07) is 8.87. The van der Waals surface area contributed by atoms with Crippen molar-refractivity contribution in [2.45, 2.75) is 19.8 Å². The predicted molar refractivity (Wildman–Crippen MR) is 101 cm³/mol. The van der Waals surface area contributed by atoms with Crippen LogP contribution in [0.1, 0.15) is 28.8 Å². The van der Waals surface area contributed by atoms with Crippen molar-refractivity contribution >= 4 is 22.4 Å². The molecule has 0 aliphatic rings. The van der Waals surface area contributed by atoms with Gasteiger partial charge in [-0.05, 0) is 36.8 Å². The lowest BCUT2D eigenvalue weighted by Gasteiger charge is -2.10. The number of nitrogens with zero attached hydrogens (tertiary/aromatic N) is 1. The maximum absolute atomic E-state index is 12.2. The number of furan rings is 1. The van der Waals surface area contributed by atoms with Gasteiger partial charge in [0, 0.05) is 10.4 Å². The molecule has 2 heterocycles. The Kier molecular flexibility index (Phi) is 5.58. The van der Waals surface area contributed by atoms with Crippen LogP contribution < -0.4 is 14.8 Å². The zero-order chi connectivity index (χ0) is 18.5. The number of hydrogen-bond acceptors (Lipinski definition) is 6. The van der Waals surface area contributed by atoms with Crippen molar-refractivity contribution in [2.75, 3.05) is 19.5 Å². The highest BCUT2D eigenvalue weighted by molar-refractivity contribution is 7.16. The zero-order valence-corrected chi connectivity index (χ0v) is 15.7. The van der Waals surface area contributed by atoms with Crippen LogP contribution in [0.25, 0.3) is 11.3 Å². The first-order chi connectivity index (χ1) is 12.7. The Labute approximate surface area is 155 Å². The maximum atomic E-state index is 12.2. The van der Waals surface area contributed by atoms with E-state index in [1.54, 1.807) is 26.4 Å². The standard InChI is InChI=1S/C19H20N2O4S/c1-4-6-16-17(13-11-12(23-2)8-9-14(13)24-3)20-19(26-16)21-18(22)15-7-5-10-25-15/h5,7-11H,4,6H2,1-3H3,(H,20,21,22). The van der Waals surface area contributed by atoms with Crippen molar-refractivity contribution in [1.29, 1.82) is 0 Å². The van der Waals surface area contributed by atoms with E-state index in [1.165, 1.54) is 17.6 Å². The van der Waals surface area contributed by atoms with Gasteiger partial charge in [0.1, 0.15) is 11.5 Å². The Morgan fingerprint density at radius 1 is 1.27 bits per heavy atom. The van der Waals surface area contributed by atoms with Crippen molar-refractivity contribution in [3.05, 3.63) is 47.2 Å². The molecule has 6 nitrogen and oxygen atoms in total. The molecule has 0 spiro atoms. The van der Waals surface area contributed by atoms with Crippen LogP contribution >= 0.6 is 11.3 Å². The Morgan fingerprint density at radius 2 is 2.12 bits per heavy atom. The third-order valence-electron chi connectivity index (χ3n) is 3.80. The molecule has 0 saturated carbocycles. The van der Waals surface area contributed by atoms with Gasteiger partial charge in [-0.25, -0.2) is 4.98 Å². The fraction of sp³-hybridized carbons (Fsp3) is 0.263. The van der Waals surface area contributed by atoms with Crippen LogP contribution in [-0.2, 0) is 6.42 Å². The fourth-order valence-electron chi connectivity index (χ4n) is 2.58. The average Bonchev–Trinajstić information content (AvgIpc) is 3.31. The van der Waals surface area contributed by atoms with Gasteiger partial charge in [-0.1, -0.05) is 13.3 Å². The van der Waals surface area contributed by atoms with Gasteiger partial charge in [-0.2, -0.15) is 0 Å². The van der Waals surface area contributed by atoms with E-state index < -0.39 is 0 Å². The minimum Gasteiger partial charge on any atom is -0.497 e. The summed E-state index contributed by atoms with van der Waals surface area (Å²) in [5.41, 5.74) is 1.63. The van der Waals surface area contributed by atoms with Crippen molar-refractivity contribution in [1.82, 2.24) is 4.98 Å². The number of carbonyl (C=O) groups is 1. The number of aromatic nitrogens is 1. The molecule has 136 valence electrons. The van der Waals surface area contributed by atoms with Gasteiger partial charge in [0.15, 0.2) is 10.9 Å². The number of amides is 1. The lowest BCUT2D eigenvalue weighted by molar-refractivity contribution is 0.0996. The molecule has 0 radical (unpaired) electrons. The maximum Gasteiger partial charge on any atom is 0.293 e. The fourth-order valence-corrected chi connectivity index (χ4v) is 3.65. The molecule has 1 aromatic carbocycles. The second kappa shape index (κ2) is 8.05. The highest BCUT2D eigenvalue weighted by Crippen LogP contribution is 2.39. The number of aryl methyl sites for hydroxylation is 1. The molecule has 0 aliphatic heterocycles. The van der Waals surface area contributed by atoms with E-state index in [0.29, 0.717) is 10.9 Å². The van der Waals surface area contributed by atoms with Crippen molar-refractivity contribution < 1.29 is 18.7 Å². The third kappa shape index (κ3) is 3.72. The highest BCUT2D eigenvalue weighted by atomic mass is 32.1. The topological polar surface area (TPSA) is 73.6 Å². The van der Waals surface area contributed by atoms with Crippen molar-refractivity contribution in [3.8, 4) is 22.8 Å². The molecule has 3 aromatic rings. The molecule has 0 aliphatic carbocycles. The lowest BCUT2D eigenvalue weighted by Crippen LogP contribution is -2.10. The van der Waals surface area contributed by atoms with E-state index in [4.69, 9.17) is 13.9 Å². The molecule has 0 unspecified atom stereocenters. The first kappa shape index (κ1) is 18.0. The summed E-state index contributed by atoms with van der Waals surface area (Å²) in [5, 5.41) is 3.32. The largest absolute Gasteiger partial charge is 0.497 e. The van der Waals surface area contributed by atoms with E-state index >= 15 is 0 Å². The Hall–Kier alpha value is -2.80. The van der Waals surface area contributed by atoms with E-state index in [-0.39, 0.29) is 11.7 Å². The van der Waals surface area contributed by atoms with Gasteiger partial charge in [-0.15, -0.1) is 11.3 Å². The van der Waals surface area contributed by atoms with Crippen LogP contribution in [0.2, 0.25) is 0 Å². The van der Waals surface area contributed by atoms with Gasteiger partial charge in [-0.3, -0.25) is 10.1 Å². The number of rotatable bonds is 7. The Bertz CT molecular complexity index is 887.